The molecule has 0 aromatic heterocycles. The van der Waals surface area contributed by atoms with Crippen molar-refractivity contribution < 1.29 is 28.9 Å². The molecule has 230 valence electrons. The highest BCUT2D eigenvalue weighted by molar-refractivity contribution is 6.30. The molecule has 2 atom stereocenters. The maximum absolute atomic E-state index is 13.1. The lowest BCUT2D eigenvalue weighted by molar-refractivity contribution is -0.180. The number of halogens is 1. The Morgan fingerprint density at radius 3 is 2.62 bits per heavy atom. The van der Waals surface area contributed by atoms with Crippen LogP contribution in [0.4, 0.5) is 5.69 Å². The monoisotopic (exact) mass is 599 g/mol. The Morgan fingerprint density at radius 2 is 1.90 bits per heavy atom. The predicted octanol–water partition coefficient (Wildman–Crippen LogP) is 7.00. The molecule has 0 saturated carbocycles. The van der Waals surface area contributed by atoms with Crippen LogP contribution in [0.2, 0.25) is 5.02 Å². The third kappa shape index (κ3) is 8.51. The molecule has 1 aliphatic rings. The topological polar surface area (TPSA) is 85.3 Å². The van der Waals surface area contributed by atoms with Crippen molar-refractivity contribution in [1.82, 2.24) is 0 Å². The number of carbonyl (C=O) groups is 2. The number of anilines is 1. The molecule has 0 unspecified atom stereocenters. The molecule has 42 heavy (non-hydrogen) atoms. The molecule has 7 nitrogen and oxygen atoms in total. The fraction of sp³-hybridized carbons (Fsp3) is 0.529. The lowest BCUT2D eigenvalue weighted by Crippen LogP contribution is -2.47. The summed E-state index contributed by atoms with van der Waals surface area (Å²) in [7, 11) is 1.20. The first-order chi connectivity index (χ1) is 20.1. The summed E-state index contributed by atoms with van der Waals surface area (Å²) >= 11 is 6.30. The van der Waals surface area contributed by atoms with Crippen LogP contribution >= 0.6 is 11.6 Å². The van der Waals surface area contributed by atoms with Crippen molar-refractivity contribution in [2.45, 2.75) is 77.9 Å². The van der Waals surface area contributed by atoms with Gasteiger partial charge in [-0.15, -0.1) is 6.58 Å². The second-order valence-electron chi connectivity index (χ2n) is 11.5. The Balaban J connectivity index is 2.04. The van der Waals surface area contributed by atoms with Gasteiger partial charge in [-0.05, 0) is 92.3 Å². The number of benzene rings is 2. The number of hydrogen-bond acceptors (Lipinski definition) is 7. The molecule has 0 saturated heterocycles. The Morgan fingerprint density at radius 1 is 1.12 bits per heavy atom. The van der Waals surface area contributed by atoms with E-state index in [4.69, 9.17) is 25.8 Å². The second-order valence-corrected chi connectivity index (χ2v) is 11.9. The average molecular weight is 600 g/mol. The van der Waals surface area contributed by atoms with E-state index in [2.05, 4.69) is 11.5 Å². The van der Waals surface area contributed by atoms with Crippen molar-refractivity contribution in [1.29, 1.82) is 0 Å². The van der Waals surface area contributed by atoms with Gasteiger partial charge in [0.05, 0.1) is 25.3 Å². The molecule has 1 aliphatic heterocycles. The van der Waals surface area contributed by atoms with Gasteiger partial charge in [0.1, 0.15) is 12.4 Å². The standard InChI is InChI=1S/C34H46ClNO6/c1-6-7-8-9-11-18-36-19-12-10-13-26-20-29(35)16-14-27(26)23-41-31-17-15-28(21-30(31)36)34(39,33(38)40-5)25(4)32(37)42-22-24(2)3/h6,14-17,20-21,24-25,39H,1,7-13,18-19,22-23H2,2-5H3/t25-,34-/m1/s1. The minimum absolute atomic E-state index is 0.110. The number of allylic oxidation sites excluding steroid dienone is 1. The van der Waals surface area contributed by atoms with Crippen LogP contribution in [-0.2, 0) is 37.7 Å². The summed E-state index contributed by atoms with van der Waals surface area (Å²) < 4.78 is 16.8. The number of fused-ring (bicyclic) bond motifs is 2. The van der Waals surface area contributed by atoms with Crippen LogP contribution in [-0.4, -0.2) is 43.9 Å². The zero-order valence-corrected chi connectivity index (χ0v) is 26.3. The van der Waals surface area contributed by atoms with E-state index in [9.17, 15) is 14.7 Å². The van der Waals surface area contributed by atoms with Gasteiger partial charge in [-0.25, -0.2) is 4.79 Å². The number of esters is 2. The normalized spacial score (nSPS) is 15.7. The molecular weight excluding hydrogens is 554 g/mol. The zero-order chi connectivity index (χ0) is 30.7. The lowest BCUT2D eigenvalue weighted by atomic mass is 9.81. The molecule has 0 bridgehead atoms. The van der Waals surface area contributed by atoms with Crippen LogP contribution in [0.25, 0.3) is 0 Å². The van der Waals surface area contributed by atoms with Crippen molar-refractivity contribution >= 4 is 29.2 Å². The van der Waals surface area contributed by atoms with Crippen molar-refractivity contribution in [3.8, 4) is 5.75 Å². The van der Waals surface area contributed by atoms with Crippen LogP contribution in [0.15, 0.2) is 49.1 Å². The van der Waals surface area contributed by atoms with E-state index < -0.39 is 23.5 Å². The highest BCUT2D eigenvalue weighted by Gasteiger charge is 2.49. The van der Waals surface area contributed by atoms with E-state index in [1.807, 2.05) is 38.1 Å². The summed E-state index contributed by atoms with van der Waals surface area (Å²) in [5.41, 5.74) is 1.01. The van der Waals surface area contributed by atoms with E-state index in [1.54, 1.807) is 18.2 Å². The molecule has 0 radical (unpaired) electrons. The predicted molar refractivity (Wildman–Crippen MR) is 167 cm³/mol. The number of methoxy groups -OCH3 is 1. The second kappa shape index (κ2) is 16.0. The third-order valence-corrected chi connectivity index (χ3v) is 8.02. The summed E-state index contributed by atoms with van der Waals surface area (Å²) in [4.78, 5) is 28.4. The van der Waals surface area contributed by atoms with Crippen LogP contribution in [0.3, 0.4) is 0 Å². The molecule has 3 rings (SSSR count). The first-order valence-corrected chi connectivity index (χ1v) is 15.4. The molecular formula is C34H46ClNO6. The van der Waals surface area contributed by atoms with E-state index in [0.717, 1.165) is 69.3 Å². The fourth-order valence-electron chi connectivity index (χ4n) is 5.23. The van der Waals surface area contributed by atoms with Crippen molar-refractivity contribution in [3.05, 3.63) is 70.8 Å². The largest absolute Gasteiger partial charge is 0.487 e. The average Bonchev–Trinajstić information content (AvgIpc) is 3.01. The number of hydrogen-bond donors (Lipinski definition) is 1. The summed E-state index contributed by atoms with van der Waals surface area (Å²) in [5, 5.41) is 12.6. The van der Waals surface area contributed by atoms with Crippen molar-refractivity contribution in [2.75, 3.05) is 31.7 Å². The highest BCUT2D eigenvalue weighted by atomic mass is 35.5. The van der Waals surface area contributed by atoms with Crippen LogP contribution in [0, 0.1) is 11.8 Å². The van der Waals surface area contributed by atoms with Gasteiger partial charge in [0.15, 0.2) is 0 Å². The van der Waals surface area contributed by atoms with E-state index >= 15 is 0 Å². The van der Waals surface area contributed by atoms with E-state index in [0.29, 0.717) is 17.4 Å². The number of carbonyl (C=O) groups excluding carboxylic acids is 2. The molecule has 0 amide bonds. The number of nitrogens with zero attached hydrogens (tertiary/aromatic N) is 1. The number of ether oxygens (including phenoxy) is 3. The Hall–Kier alpha value is -3.03. The van der Waals surface area contributed by atoms with Gasteiger partial charge in [-0.1, -0.05) is 50.1 Å². The summed E-state index contributed by atoms with van der Waals surface area (Å²) in [6, 6.07) is 11.1. The smallest absolute Gasteiger partial charge is 0.343 e. The van der Waals surface area contributed by atoms with Gasteiger partial charge in [0, 0.05) is 18.1 Å². The third-order valence-electron chi connectivity index (χ3n) is 7.79. The Labute approximate surface area is 255 Å². The first-order valence-electron chi connectivity index (χ1n) is 15.0. The number of unbranched alkanes of at least 4 members (excludes halogenated alkanes) is 3. The zero-order valence-electron chi connectivity index (χ0n) is 25.5. The minimum Gasteiger partial charge on any atom is -0.487 e. The molecule has 1 N–H and O–H groups in total. The maximum Gasteiger partial charge on any atom is 0.343 e. The minimum atomic E-state index is -2.25. The highest BCUT2D eigenvalue weighted by Crippen LogP contribution is 2.39. The summed E-state index contributed by atoms with van der Waals surface area (Å²) in [6.45, 7) is 11.2. The van der Waals surface area contributed by atoms with Crippen LogP contribution in [0.1, 0.15) is 76.0 Å². The SMILES string of the molecule is C=CCCCCCN1CCCCc2cc(Cl)ccc2COc2ccc([C@@](O)(C(=O)OC)[C@H](C)C(=O)OCC(C)C)cc21. The van der Waals surface area contributed by atoms with Gasteiger partial charge in [-0.2, -0.15) is 0 Å². The van der Waals surface area contributed by atoms with Gasteiger partial charge in [0.2, 0.25) is 5.60 Å². The van der Waals surface area contributed by atoms with E-state index in [-0.39, 0.29) is 18.1 Å². The number of aliphatic hydroxyl groups is 1. The van der Waals surface area contributed by atoms with Crippen molar-refractivity contribution in [2.24, 2.45) is 11.8 Å². The van der Waals surface area contributed by atoms with Crippen LogP contribution < -0.4 is 9.64 Å². The van der Waals surface area contributed by atoms with Gasteiger partial charge >= 0.3 is 11.9 Å². The van der Waals surface area contributed by atoms with Gasteiger partial charge in [-0.3, -0.25) is 4.79 Å². The molecule has 0 fully saturated rings. The Kier molecular flexibility index (Phi) is 12.7. The first kappa shape index (κ1) is 33.5. The van der Waals surface area contributed by atoms with Crippen LogP contribution in [0.5, 0.6) is 5.75 Å². The summed E-state index contributed by atoms with van der Waals surface area (Å²) in [5.74, 6) is -2.04. The molecule has 8 heteroatoms. The molecule has 2 aromatic rings. The summed E-state index contributed by atoms with van der Waals surface area (Å²) in [6.07, 6.45) is 8.79. The number of rotatable bonds is 12. The molecule has 1 heterocycles. The Bertz CT molecular complexity index is 1210. The quantitative estimate of drug-likeness (QED) is 0.160. The van der Waals surface area contributed by atoms with Crippen molar-refractivity contribution in [3.63, 3.8) is 0 Å². The maximum atomic E-state index is 13.1. The lowest BCUT2D eigenvalue weighted by Gasteiger charge is -2.33. The fourth-order valence-corrected chi connectivity index (χ4v) is 5.43. The molecule has 2 aromatic carbocycles. The van der Waals surface area contributed by atoms with Gasteiger partial charge < -0.3 is 24.2 Å². The van der Waals surface area contributed by atoms with Gasteiger partial charge in [0.25, 0.3) is 0 Å². The van der Waals surface area contributed by atoms with E-state index in [1.165, 1.54) is 19.6 Å². The number of aryl methyl sites for hydroxylation is 1. The molecule has 0 aliphatic carbocycles. The molecule has 0 spiro atoms.